The Kier molecular flexibility index (Phi) is 5.11. The molecule has 0 bridgehead atoms. The summed E-state index contributed by atoms with van der Waals surface area (Å²) in [5, 5.41) is 3.59. The number of carbonyl (C=O) groups excluding carboxylic acids is 1. The molecule has 0 saturated carbocycles. The van der Waals surface area contributed by atoms with Gasteiger partial charge in [0, 0.05) is 22.9 Å². The second-order valence-corrected chi connectivity index (χ2v) is 8.88. The van der Waals surface area contributed by atoms with Crippen molar-refractivity contribution in [3.8, 4) is 0 Å². The summed E-state index contributed by atoms with van der Waals surface area (Å²) in [7, 11) is -1.06. The molecule has 2 aliphatic heterocycles. The summed E-state index contributed by atoms with van der Waals surface area (Å²) in [5.74, 6) is -0.139. The van der Waals surface area contributed by atoms with Crippen LogP contribution < -0.4 is 0 Å². The van der Waals surface area contributed by atoms with Gasteiger partial charge < -0.3 is 14.2 Å². The standard InChI is InChI=1S/C17H22BFN4O3S/c1-10(14(19)18-25-16(2,3)17(4,5)26-18)12-6-7-13(27-12)15(24)23-8-11(9-23)21-22-20/h6-7,11H,8-9H2,1-5H3. The van der Waals surface area contributed by atoms with Gasteiger partial charge in [-0.3, -0.25) is 4.79 Å². The smallest absolute Gasteiger partial charge is 0.398 e. The van der Waals surface area contributed by atoms with E-state index in [1.165, 1.54) is 11.3 Å². The molecule has 0 radical (unpaired) electrons. The summed E-state index contributed by atoms with van der Waals surface area (Å²) in [6.07, 6.45) is 0. The van der Waals surface area contributed by atoms with Crippen LogP contribution in [0.5, 0.6) is 0 Å². The van der Waals surface area contributed by atoms with Gasteiger partial charge in [-0.25, -0.2) is 4.39 Å². The quantitative estimate of drug-likeness (QED) is 0.333. The lowest BCUT2D eigenvalue weighted by molar-refractivity contribution is 0.00578. The van der Waals surface area contributed by atoms with Gasteiger partial charge >= 0.3 is 7.12 Å². The SMILES string of the molecule is CC(=C(F)B1OC(C)(C)C(C)(C)O1)c1ccc(C(=O)N2CC(N=[N+]=[N-])C2)s1. The van der Waals surface area contributed by atoms with Crippen LogP contribution in [0.2, 0.25) is 0 Å². The first-order valence-corrected chi connectivity index (χ1v) is 9.53. The van der Waals surface area contributed by atoms with E-state index in [4.69, 9.17) is 14.8 Å². The normalized spacial score (nSPS) is 22.1. The zero-order valence-electron chi connectivity index (χ0n) is 16.0. The van der Waals surface area contributed by atoms with Crippen LogP contribution in [0.25, 0.3) is 16.0 Å². The summed E-state index contributed by atoms with van der Waals surface area (Å²) in [5.41, 5.74) is 7.08. The second kappa shape index (κ2) is 6.94. The minimum absolute atomic E-state index is 0.139. The fourth-order valence-electron chi connectivity index (χ4n) is 2.82. The van der Waals surface area contributed by atoms with E-state index < -0.39 is 24.0 Å². The van der Waals surface area contributed by atoms with E-state index in [2.05, 4.69) is 10.0 Å². The van der Waals surface area contributed by atoms with Gasteiger partial charge in [0.25, 0.3) is 5.91 Å². The minimum Gasteiger partial charge on any atom is -0.398 e. The molecule has 0 spiro atoms. The lowest BCUT2D eigenvalue weighted by Gasteiger charge is -2.36. The number of hydrogen-bond acceptors (Lipinski definition) is 5. The molecular weight excluding hydrogens is 370 g/mol. The average molecular weight is 392 g/mol. The number of carbonyl (C=O) groups is 1. The number of nitrogens with zero attached hydrogens (tertiary/aromatic N) is 4. The van der Waals surface area contributed by atoms with E-state index in [0.29, 0.717) is 28.4 Å². The number of hydrogen-bond donors (Lipinski definition) is 0. The van der Waals surface area contributed by atoms with Crippen molar-refractivity contribution in [2.45, 2.75) is 51.9 Å². The monoisotopic (exact) mass is 392 g/mol. The third kappa shape index (κ3) is 3.62. The Morgan fingerprint density at radius 1 is 1.30 bits per heavy atom. The van der Waals surface area contributed by atoms with Crippen molar-refractivity contribution in [1.29, 1.82) is 0 Å². The highest BCUT2D eigenvalue weighted by Crippen LogP contribution is 2.40. The van der Waals surface area contributed by atoms with Gasteiger partial charge in [0.1, 0.15) is 5.73 Å². The zero-order chi connectivity index (χ0) is 20.0. The van der Waals surface area contributed by atoms with E-state index in [1.807, 2.05) is 27.7 Å². The Labute approximate surface area is 161 Å². The molecular formula is C17H22BFN4O3S. The van der Waals surface area contributed by atoms with Crippen molar-refractivity contribution in [3.63, 3.8) is 0 Å². The van der Waals surface area contributed by atoms with Crippen LogP contribution in [0.1, 0.15) is 49.2 Å². The largest absolute Gasteiger partial charge is 0.525 e. The van der Waals surface area contributed by atoms with Crippen LogP contribution in [-0.2, 0) is 9.31 Å². The molecule has 7 nitrogen and oxygen atoms in total. The third-order valence-electron chi connectivity index (χ3n) is 5.37. The first-order chi connectivity index (χ1) is 12.6. The fraction of sp³-hybridized carbons (Fsp3) is 0.588. The van der Waals surface area contributed by atoms with E-state index in [-0.39, 0.29) is 11.9 Å². The highest BCUT2D eigenvalue weighted by Gasteiger charge is 2.53. The molecule has 3 rings (SSSR count). The van der Waals surface area contributed by atoms with Crippen LogP contribution in [0.3, 0.4) is 0 Å². The topological polar surface area (TPSA) is 87.5 Å². The number of thiophene rings is 1. The maximum atomic E-state index is 15.0. The predicted octanol–water partition coefficient (Wildman–Crippen LogP) is 4.21. The number of rotatable bonds is 4. The first-order valence-electron chi connectivity index (χ1n) is 8.71. The van der Waals surface area contributed by atoms with Gasteiger partial charge in [0.2, 0.25) is 0 Å². The molecule has 1 amide bonds. The Balaban J connectivity index is 1.73. The molecule has 0 aliphatic carbocycles. The van der Waals surface area contributed by atoms with Crippen molar-refractivity contribution in [2.24, 2.45) is 5.11 Å². The molecule has 144 valence electrons. The predicted molar refractivity (Wildman–Crippen MR) is 103 cm³/mol. The van der Waals surface area contributed by atoms with Gasteiger partial charge in [-0.2, -0.15) is 0 Å². The lowest BCUT2D eigenvalue weighted by Crippen LogP contribution is -2.52. The lowest BCUT2D eigenvalue weighted by atomic mass is 9.84. The van der Waals surface area contributed by atoms with Gasteiger partial charge in [0.05, 0.1) is 22.1 Å². The third-order valence-corrected chi connectivity index (χ3v) is 6.56. The average Bonchev–Trinajstić information content (AvgIpc) is 3.11. The van der Waals surface area contributed by atoms with Gasteiger partial charge in [0.15, 0.2) is 0 Å². The molecule has 2 saturated heterocycles. The van der Waals surface area contributed by atoms with Gasteiger partial charge in [-0.1, -0.05) is 5.11 Å². The van der Waals surface area contributed by atoms with Crippen molar-refractivity contribution in [1.82, 2.24) is 4.90 Å². The fourth-order valence-corrected chi connectivity index (χ4v) is 3.79. The van der Waals surface area contributed by atoms with Crippen molar-refractivity contribution >= 4 is 29.9 Å². The Morgan fingerprint density at radius 2 is 1.85 bits per heavy atom. The summed E-state index contributed by atoms with van der Waals surface area (Å²) >= 11 is 1.22. The number of likely N-dealkylation sites (tertiary alicyclic amines) is 1. The van der Waals surface area contributed by atoms with E-state index in [0.717, 1.165) is 0 Å². The molecule has 27 heavy (non-hydrogen) atoms. The van der Waals surface area contributed by atoms with Crippen LogP contribution >= 0.6 is 11.3 Å². The summed E-state index contributed by atoms with van der Waals surface area (Å²) in [6.45, 7) is 9.95. The van der Waals surface area contributed by atoms with E-state index >= 15 is 0 Å². The van der Waals surface area contributed by atoms with Gasteiger partial charge in [-0.05, 0) is 57.9 Å². The Morgan fingerprint density at radius 3 is 2.41 bits per heavy atom. The van der Waals surface area contributed by atoms with Gasteiger partial charge in [-0.15, -0.1) is 11.3 Å². The van der Waals surface area contributed by atoms with E-state index in [1.54, 1.807) is 24.0 Å². The highest BCUT2D eigenvalue weighted by atomic mass is 32.1. The molecule has 0 atom stereocenters. The Bertz CT molecular complexity index is 825. The molecule has 2 aliphatic rings. The zero-order valence-corrected chi connectivity index (χ0v) is 16.8. The molecule has 2 fully saturated rings. The number of allylic oxidation sites excluding steroid dienone is 1. The first kappa shape index (κ1) is 19.9. The van der Waals surface area contributed by atoms with Crippen LogP contribution in [0.15, 0.2) is 23.0 Å². The van der Waals surface area contributed by atoms with Crippen molar-refractivity contribution in [2.75, 3.05) is 13.1 Å². The van der Waals surface area contributed by atoms with Crippen molar-refractivity contribution < 1.29 is 18.5 Å². The maximum absolute atomic E-state index is 15.0. The minimum atomic E-state index is -1.06. The molecule has 10 heteroatoms. The van der Waals surface area contributed by atoms with Crippen LogP contribution in [-0.4, -0.2) is 48.3 Å². The highest BCUT2D eigenvalue weighted by molar-refractivity contribution is 7.15. The summed E-state index contributed by atoms with van der Waals surface area (Å²) in [4.78, 5) is 18.0. The molecule has 1 aromatic rings. The Hall–Kier alpha value is -1.87. The number of halogens is 1. The van der Waals surface area contributed by atoms with Crippen LogP contribution in [0.4, 0.5) is 4.39 Å². The number of azide groups is 1. The van der Waals surface area contributed by atoms with Crippen LogP contribution in [0, 0.1) is 0 Å². The molecule has 1 aromatic heterocycles. The molecule has 0 unspecified atom stereocenters. The molecule has 0 aromatic carbocycles. The van der Waals surface area contributed by atoms with Crippen molar-refractivity contribution in [3.05, 3.63) is 38.1 Å². The summed E-state index contributed by atoms with van der Waals surface area (Å²) < 4.78 is 26.5. The summed E-state index contributed by atoms with van der Waals surface area (Å²) in [6, 6.07) is 3.24. The molecule has 3 heterocycles. The molecule has 0 N–H and O–H groups in total. The number of amides is 1. The second-order valence-electron chi connectivity index (χ2n) is 7.79. The maximum Gasteiger partial charge on any atom is 0.525 e. The van der Waals surface area contributed by atoms with E-state index in [9.17, 15) is 9.18 Å².